The Kier molecular flexibility index (Phi) is 5.08. The molecule has 2 aromatic carbocycles. The molecule has 0 bridgehead atoms. The number of aromatic nitrogens is 2. The summed E-state index contributed by atoms with van der Waals surface area (Å²) >= 11 is 12.3. The number of halogens is 2. The van der Waals surface area contributed by atoms with Crippen molar-refractivity contribution in [1.82, 2.24) is 15.1 Å². The number of hydrogen-bond donors (Lipinski definition) is 2. The van der Waals surface area contributed by atoms with E-state index in [-0.39, 0.29) is 11.8 Å². The van der Waals surface area contributed by atoms with Crippen molar-refractivity contribution in [3.8, 4) is 11.1 Å². The van der Waals surface area contributed by atoms with Crippen molar-refractivity contribution >= 4 is 45.8 Å². The second-order valence-electron chi connectivity index (χ2n) is 7.05. The van der Waals surface area contributed by atoms with Crippen LogP contribution in [0.4, 0.5) is 5.82 Å². The van der Waals surface area contributed by atoms with E-state index in [4.69, 9.17) is 23.2 Å². The zero-order chi connectivity index (χ0) is 19.0. The lowest BCUT2D eigenvalue weighted by molar-refractivity contribution is -0.121. The third-order valence-electron chi connectivity index (χ3n) is 5.04. The molecule has 2 heterocycles. The average molecular weight is 403 g/mol. The fourth-order valence-corrected chi connectivity index (χ4v) is 4.12. The first-order valence-electron chi connectivity index (χ1n) is 8.94. The molecule has 1 atom stereocenters. The van der Waals surface area contributed by atoms with Gasteiger partial charge in [0.2, 0.25) is 5.91 Å². The van der Waals surface area contributed by atoms with Crippen LogP contribution in [-0.2, 0) is 4.79 Å². The summed E-state index contributed by atoms with van der Waals surface area (Å²) in [4.78, 5) is 14.9. The molecular formula is C20H20Cl2N4O. The highest BCUT2D eigenvalue weighted by atomic mass is 35.5. The summed E-state index contributed by atoms with van der Waals surface area (Å²) in [6.45, 7) is 1.82. The highest BCUT2D eigenvalue weighted by Crippen LogP contribution is 2.33. The van der Waals surface area contributed by atoms with Crippen molar-refractivity contribution in [2.45, 2.75) is 12.8 Å². The molecule has 2 N–H and O–H groups in total. The molecule has 3 aromatic rings. The van der Waals surface area contributed by atoms with Crippen molar-refractivity contribution in [3.05, 3.63) is 46.4 Å². The molecule has 1 saturated heterocycles. The van der Waals surface area contributed by atoms with Crippen LogP contribution in [0.25, 0.3) is 22.0 Å². The molecular weight excluding hydrogens is 383 g/mol. The van der Waals surface area contributed by atoms with Crippen molar-refractivity contribution in [2.75, 3.05) is 25.5 Å². The molecule has 1 amide bonds. The monoisotopic (exact) mass is 402 g/mol. The van der Waals surface area contributed by atoms with Gasteiger partial charge in [-0.15, -0.1) is 0 Å². The number of amides is 1. The molecule has 1 unspecified atom stereocenters. The van der Waals surface area contributed by atoms with Crippen LogP contribution in [0, 0.1) is 5.92 Å². The number of H-pyrrole nitrogens is 1. The summed E-state index contributed by atoms with van der Waals surface area (Å²) < 4.78 is 0. The minimum atomic E-state index is -0.00982. The van der Waals surface area contributed by atoms with E-state index < -0.39 is 0 Å². The number of benzene rings is 2. The molecule has 5 nitrogen and oxygen atoms in total. The number of aromatic amines is 1. The van der Waals surface area contributed by atoms with Gasteiger partial charge in [0.1, 0.15) is 0 Å². The fourth-order valence-electron chi connectivity index (χ4n) is 3.60. The Morgan fingerprint density at radius 2 is 2.11 bits per heavy atom. The minimum Gasteiger partial charge on any atom is -0.308 e. The van der Waals surface area contributed by atoms with E-state index in [1.807, 2.05) is 37.4 Å². The Hall–Kier alpha value is -2.08. The van der Waals surface area contributed by atoms with Crippen LogP contribution in [0.15, 0.2) is 36.4 Å². The predicted molar refractivity (Wildman–Crippen MR) is 110 cm³/mol. The fraction of sp³-hybridized carbons (Fsp3) is 0.300. The second-order valence-corrected chi connectivity index (χ2v) is 7.89. The predicted octanol–water partition coefficient (Wildman–Crippen LogP) is 4.82. The van der Waals surface area contributed by atoms with Crippen molar-refractivity contribution in [2.24, 2.45) is 5.92 Å². The van der Waals surface area contributed by atoms with Crippen LogP contribution in [0.1, 0.15) is 12.8 Å². The maximum atomic E-state index is 12.7. The number of likely N-dealkylation sites (tertiary alicyclic amines) is 1. The number of hydrogen-bond acceptors (Lipinski definition) is 3. The number of rotatable bonds is 3. The zero-order valence-electron chi connectivity index (χ0n) is 14.9. The summed E-state index contributed by atoms with van der Waals surface area (Å²) in [5.74, 6) is 0.560. The van der Waals surface area contributed by atoms with E-state index in [1.54, 1.807) is 6.07 Å². The molecule has 0 aliphatic carbocycles. The van der Waals surface area contributed by atoms with E-state index in [0.717, 1.165) is 48.0 Å². The molecule has 1 aliphatic rings. The number of nitrogens with one attached hydrogen (secondary N) is 2. The quantitative estimate of drug-likeness (QED) is 0.660. The van der Waals surface area contributed by atoms with Crippen LogP contribution in [-0.4, -0.2) is 41.1 Å². The lowest BCUT2D eigenvalue weighted by atomic mass is 9.97. The lowest BCUT2D eigenvalue weighted by Gasteiger charge is -2.28. The Bertz CT molecular complexity index is 1000. The summed E-state index contributed by atoms with van der Waals surface area (Å²) in [6, 6.07) is 11.3. The Labute approximate surface area is 167 Å². The Morgan fingerprint density at radius 1 is 1.26 bits per heavy atom. The van der Waals surface area contributed by atoms with Gasteiger partial charge in [-0.2, -0.15) is 5.10 Å². The van der Waals surface area contributed by atoms with Crippen LogP contribution in [0.5, 0.6) is 0 Å². The highest BCUT2D eigenvalue weighted by molar-refractivity contribution is 6.36. The van der Waals surface area contributed by atoms with Crippen molar-refractivity contribution in [1.29, 1.82) is 0 Å². The first-order chi connectivity index (χ1) is 13.0. The topological polar surface area (TPSA) is 61.0 Å². The molecule has 27 heavy (non-hydrogen) atoms. The van der Waals surface area contributed by atoms with Gasteiger partial charge in [0.25, 0.3) is 0 Å². The molecule has 0 spiro atoms. The summed E-state index contributed by atoms with van der Waals surface area (Å²) in [5, 5.41) is 12.3. The van der Waals surface area contributed by atoms with E-state index in [9.17, 15) is 4.79 Å². The van der Waals surface area contributed by atoms with Gasteiger partial charge in [0.05, 0.1) is 11.4 Å². The van der Waals surface area contributed by atoms with Gasteiger partial charge in [0, 0.05) is 27.5 Å². The number of nitrogens with zero attached hydrogens (tertiary/aromatic N) is 2. The van der Waals surface area contributed by atoms with Gasteiger partial charge in [-0.1, -0.05) is 35.3 Å². The average Bonchev–Trinajstić information content (AvgIpc) is 3.04. The molecule has 140 valence electrons. The largest absolute Gasteiger partial charge is 0.308 e. The zero-order valence-corrected chi connectivity index (χ0v) is 16.4. The van der Waals surface area contributed by atoms with Crippen LogP contribution >= 0.6 is 23.2 Å². The first kappa shape index (κ1) is 18.3. The molecule has 0 saturated carbocycles. The summed E-state index contributed by atoms with van der Waals surface area (Å²) in [7, 11) is 2.05. The van der Waals surface area contributed by atoms with E-state index in [2.05, 4.69) is 20.4 Å². The van der Waals surface area contributed by atoms with Gasteiger partial charge >= 0.3 is 0 Å². The van der Waals surface area contributed by atoms with Crippen molar-refractivity contribution in [3.63, 3.8) is 0 Å². The smallest absolute Gasteiger partial charge is 0.229 e. The molecule has 4 rings (SSSR count). The maximum absolute atomic E-state index is 12.7. The van der Waals surface area contributed by atoms with Crippen molar-refractivity contribution < 1.29 is 4.79 Å². The van der Waals surface area contributed by atoms with Gasteiger partial charge in [0.15, 0.2) is 5.82 Å². The second kappa shape index (κ2) is 7.50. The highest BCUT2D eigenvalue weighted by Gasteiger charge is 2.25. The van der Waals surface area contributed by atoms with Crippen LogP contribution in [0.2, 0.25) is 10.0 Å². The van der Waals surface area contributed by atoms with E-state index in [0.29, 0.717) is 15.9 Å². The molecule has 7 heteroatoms. The lowest BCUT2D eigenvalue weighted by Crippen LogP contribution is -2.38. The maximum Gasteiger partial charge on any atom is 0.229 e. The van der Waals surface area contributed by atoms with E-state index >= 15 is 0 Å². The molecule has 0 radical (unpaired) electrons. The molecule has 1 fully saturated rings. The molecule has 1 aromatic heterocycles. The Morgan fingerprint density at radius 3 is 2.89 bits per heavy atom. The van der Waals surface area contributed by atoms with Crippen LogP contribution in [0.3, 0.4) is 0 Å². The number of piperidine rings is 1. The van der Waals surface area contributed by atoms with Crippen LogP contribution < -0.4 is 5.32 Å². The van der Waals surface area contributed by atoms with Gasteiger partial charge in [-0.05, 0) is 56.3 Å². The molecule has 1 aliphatic heterocycles. The third kappa shape index (κ3) is 3.81. The number of carbonyl (C=O) groups excluding carboxylic acids is 1. The first-order valence-corrected chi connectivity index (χ1v) is 9.70. The third-order valence-corrected chi connectivity index (χ3v) is 5.59. The SMILES string of the molecule is CN1CCCC(C(=O)Nc2n[nH]c3ccc(-c4ccc(Cl)cc4Cl)cc23)C1. The summed E-state index contributed by atoms with van der Waals surface area (Å²) in [5.41, 5.74) is 2.69. The number of fused-ring (bicyclic) bond motifs is 1. The number of anilines is 1. The Balaban J connectivity index is 1.63. The van der Waals surface area contributed by atoms with Gasteiger partial charge in [-0.25, -0.2) is 0 Å². The van der Waals surface area contributed by atoms with Gasteiger partial charge in [-0.3, -0.25) is 9.89 Å². The minimum absolute atomic E-state index is 0.00982. The number of carbonyl (C=O) groups is 1. The normalized spacial score (nSPS) is 18.0. The van der Waals surface area contributed by atoms with E-state index in [1.165, 1.54) is 0 Å². The standard InChI is InChI=1S/C20H20Cl2N4O/c1-26-8-2-3-13(11-26)20(27)23-19-16-9-12(4-7-18(16)24-25-19)15-6-5-14(21)10-17(15)22/h4-7,9-10,13H,2-3,8,11H2,1H3,(H2,23,24,25,27). The summed E-state index contributed by atoms with van der Waals surface area (Å²) in [6.07, 6.45) is 1.94. The van der Waals surface area contributed by atoms with Gasteiger partial charge < -0.3 is 10.2 Å².